The summed E-state index contributed by atoms with van der Waals surface area (Å²) >= 11 is 0. The van der Waals surface area contributed by atoms with E-state index < -0.39 is 0 Å². The number of carbonyl (C=O) groups excluding carboxylic acids is 1. The quantitative estimate of drug-likeness (QED) is 0.469. The second-order valence-corrected chi connectivity index (χ2v) is 7.89. The number of nitrogens with zero attached hydrogens (tertiary/aromatic N) is 3. The van der Waals surface area contributed by atoms with E-state index in [0.717, 1.165) is 0 Å². The molecule has 0 saturated carbocycles. The molecule has 33 heavy (non-hydrogen) atoms. The van der Waals surface area contributed by atoms with Crippen LogP contribution in [-0.4, -0.2) is 42.9 Å². The SMILES string of the molecule is [2H]/C(=C\C(=O)Cc1cc2c(Nc3ccc(F)c(C)c3)c(C#N)cnc2cc1OCC)CN(C)C. The van der Waals surface area contributed by atoms with Crippen LogP contribution in [0.1, 0.15) is 25.0 Å². The van der Waals surface area contributed by atoms with Crippen LogP contribution < -0.4 is 10.1 Å². The van der Waals surface area contributed by atoms with Gasteiger partial charge in [-0.2, -0.15) is 5.26 Å². The number of aryl methyl sites for hydroxylation is 1. The first kappa shape index (κ1) is 22.4. The molecule has 0 aliphatic carbocycles. The van der Waals surface area contributed by atoms with E-state index in [1.54, 1.807) is 31.2 Å². The zero-order chi connectivity index (χ0) is 24.8. The normalized spacial score (nSPS) is 11.9. The third-order valence-corrected chi connectivity index (χ3v) is 4.93. The number of benzene rings is 2. The van der Waals surface area contributed by atoms with Crippen LogP contribution in [-0.2, 0) is 11.2 Å². The zero-order valence-corrected chi connectivity index (χ0v) is 19.2. The number of nitrogens with one attached hydrogen (secondary N) is 1. The Morgan fingerprint density at radius 2 is 2.15 bits per heavy atom. The molecule has 0 spiro atoms. The average Bonchev–Trinajstić information content (AvgIpc) is 2.76. The van der Waals surface area contributed by atoms with E-state index in [9.17, 15) is 14.4 Å². The Morgan fingerprint density at radius 3 is 2.82 bits per heavy atom. The molecular weight excluding hydrogens is 419 g/mol. The lowest BCUT2D eigenvalue weighted by Gasteiger charge is -2.15. The molecule has 0 atom stereocenters. The molecule has 7 heteroatoms. The topological polar surface area (TPSA) is 78.2 Å². The minimum Gasteiger partial charge on any atom is -0.494 e. The predicted octanol–water partition coefficient (Wildman–Crippen LogP) is 4.93. The second kappa shape index (κ2) is 10.7. The molecule has 0 radical (unpaired) electrons. The summed E-state index contributed by atoms with van der Waals surface area (Å²) in [6, 6.07) is 10.5. The molecule has 1 N–H and O–H groups in total. The van der Waals surface area contributed by atoms with Gasteiger partial charge in [0, 0.05) is 41.9 Å². The molecule has 170 valence electrons. The van der Waals surface area contributed by atoms with Gasteiger partial charge >= 0.3 is 0 Å². The summed E-state index contributed by atoms with van der Waals surface area (Å²) in [4.78, 5) is 18.9. The Balaban J connectivity index is 2.09. The van der Waals surface area contributed by atoms with Crippen LogP contribution in [0.2, 0.25) is 0 Å². The zero-order valence-electron chi connectivity index (χ0n) is 20.2. The lowest BCUT2D eigenvalue weighted by molar-refractivity contribution is -0.114. The highest BCUT2D eigenvalue weighted by Gasteiger charge is 2.16. The maximum atomic E-state index is 13.7. The number of carbonyl (C=O) groups is 1. The molecule has 0 fully saturated rings. The molecule has 0 amide bonds. The van der Waals surface area contributed by atoms with E-state index in [2.05, 4.69) is 16.4 Å². The molecule has 3 rings (SSSR count). The Bertz CT molecular complexity index is 1300. The molecule has 1 heterocycles. The number of ether oxygens (including phenoxy) is 1. The van der Waals surface area contributed by atoms with Gasteiger partial charge < -0.3 is 15.0 Å². The Hall–Kier alpha value is -3.76. The summed E-state index contributed by atoms with van der Waals surface area (Å²) in [5.74, 6) is -0.0132. The van der Waals surface area contributed by atoms with E-state index in [0.29, 0.717) is 57.9 Å². The van der Waals surface area contributed by atoms with Gasteiger partial charge in [-0.3, -0.25) is 9.78 Å². The minimum absolute atomic E-state index is 0.0347. The summed E-state index contributed by atoms with van der Waals surface area (Å²) < 4.78 is 27.5. The van der Waals surface area contributed by atoms with Gasteiger partial charge in [-0.05, 0) is 63.8 Å². The van der Waals surface area contributed by atoms with Crippen molar-refractivity contribution in [3.63, 3.8) is 0 Å². The highest BCUT2D eigenvalue weighted by molar-refractivity contribution is 5.98. The second-order valence-electron chi connectivity index (χ2n) is 7.89. The average molecular weight is 448 g/mol. The van der Waals surface area contributed by atoms with E-state index in [4.69, 9.17) is 6.11 Å². The van der Waals surface area contributed by atoms with Crippen molar-refractivity contribution in [2.24, 2.45) is 0 Å². The summed E-state index contributed by atoms with van der Waals surface area (Å²) in [7, 11) is 3.67. The van der Waals surface area contributed by atoms with Gasteiger partial charge in [0.2, 0.25) is 0 Å². The van der Waals surface area contributed by atoms with E-state index in [-0.39, 0.29) is 24.1 Å². The molecule has 0 aliphatic rings. The molecule has 3 aromatic rings. The van der Waals surface area contributed by atoms with Gasteiger partial charge in [0.1, 0.15) is 17.6 Å². The van der Waals surface area contributed by atoms with Gasteiger partial charge in [-0.25, -0.2) is 4.39 Å². The van der Waals surface area contributed by atoms with Crippen LogP contribution in [0.15, 0.2) is 48.7 Å². The van der Waals surface area contributed by atoms with Gasteiger partial charge in [-0.1, -0.05) is 6.05 Å². The molecule has 0 unspecified atom stereocenters. The van der Waals surface area contributed by atoms with Gasteiger partial charge in [0.15, 0.2) is 5.78 Å². The summed E-state index contributed by atoms with van der Waals surface area (Å²) in [6.45, 7) is 4.29. The van der Waals surface area contributed by atoms with Crippen LogP contribution >= 0.6 is 0 Å². The molecule has 0 bridgehead atoms. The molecular formula is C26H27FN4O2. The standard InChI is InChI=1S/C26H27FN4O2/c1-5-33-25-14-24-22(13-18(25)12-21(32)7-6-10-31(3)4)26(19(15-28)16-29-24)30-20-8-9-23(27)17(2)11-20/h6-9,11,13-14,16H,5,10,12H2,1-4H3,(H,29,30)/b7-6+/i6D. The third kappa shape index (κ3) is 5.93. The number of halogens is 1. The van der Waals surface area contributed by atoms with Crippen molar-refractivity contribution in [1.82, 2.24) is 9.88 Å². The van der Waals surface area contributed by atoms with Gasteiger partial charge in [-0.15, -0.1) is 0 Å². The summed E-state index contributed by atoms with van der Waals surface area (Å²) in [6.07, 6.45) is 2.83. The molecule has 2 aromatic carbocycles. The lowest BCUT2D eigenvalue weighted by atomic mass is 10.0. The number of hydrogen-bond donors (Lipinski definition) is 1. The third-order valence-electron chi connectivity index (χ3n) is 4.93. The Kier molecular flexibility index (Phi) is 7.28. The first-order chi connectivity index (χ1) is 16.2. The van der Waals surface area contributed by atoms with Crippen LogP contribution in [0.4, 0.5) is 15.8 Å². The van der Waals surface area contributed by atoms with Gasteiger partial charge in [0.05, 0.1) is 24.7 Å². The monoisotopic (exact) mass is 447 g/mol. The first-order valence-corrected chi connectivity index (χ1v) is 10.6. The van der Waals surface area contributed by atoms with Crippen LogP contribution in [0.25, 0.3) is 10.9 Å². The number of anilines is 2. The smallest absolute Gasteiger partial charge is 0.159 e. The van der Waals surface area contributed by atoms with Crippen LogP contribution in [0.5, 0.6) is 5.75 Å². The number of allylic oxidation sites excluding steroid dienone is 1. The lowest BCUT2D eigenvalue weighted by Crippen LogP contribution is -2.11. The van der Waals surface area contributed by atoms with Crippen molar-refractivity contribution < 1.29 is 15.3 Å². The highest BCUT2D eigenvalue weighted by atomic mass is 19.1. The number of nitriles is 1. The van der Waals surface area contributed by atoms with Crippen molar-refractivity contribution in [3.05, 3.63) is 71.2 Å². The fourth-order valence-corrected chi connectivity index (χ4v) is 3.36. The van der Waals surface area contributed by atoms with Crippen molar-refractivity contribution >= 4 is 28.1 Å². The summed E-state index contributed by atoms with van der Waals surface area (Å²) in [5, 5.41) is 13.5. The van der Waals surface area contributed by atoms with Crippen molar-refractivity contribution in [2.45, 2.75) is 20.3 Å². The van der Waals surface area contributed by atoms with Crippen LogP contribution in [0.3, 0.4) is 0 Å². The number of fused-ring (bicyclic) bond motifs is 1. The number of pyridine rings is 1. The van der Waals surface area contributed by atoms with Crippen molar-refractivity contribution in [2.75, 3.05) is 32.6 Å². The molecule has 1 aromatic heterocycles. The van der Waals surface area contributed by atoms with E-state index in [1.807, 2.05) is 25.9 Å². The van der Waals surface area contributed by atoms with E-state index in [1.165, 1.54) is 18.3 Å². The number of rotatable bonds is 9. The highest BCUT2D eigenvalue weighted by Crippen LogP contribution is 2.34. The van der Waals surface area contributed by atoms with Gasteiger partial charge in [0.25, 0.3) is 0 Å². The summed E-state index contributed by atoms with van der Waals surface area (Å²) in [5.41, 5.74) is 3.14. The maximum absolute atomic E-state index is 13.7. The van der Waals surface area contributed by atoms with Crippen molar-refractivity contribution in [3.8, 4) is 11.8 Å². The fourth-order valence-electron chi connectivity index (χ4n) is 3.36. The largest absolute Gasteiger partial charge is 0.494 e. The van der Waals surface area contributed by atoms with Crippen LogP contribution in [0, 0.1) is 24.1 Å². The number of hydrogen-bond acceptors (Lipinski definition) is 6. The van der Waals surface area contributed by atoms with E-state index >= 15 is 0 Å². The minimum atomic E-state index is -0.316. The van der Waals surface area contributed by atoms with Crippen molar-refractivity contribution in [1.29, 1.82) is 5.26 Å². The maximum Gasteiger partial charge on any atom is 0.159 e. The molecule has 0 aliphatic heterocycles. The number of aromatic nitrogens is 1. The molecule has 6 nitrogen and oxygen atoms in total. The first-order valence-electron chi connectivity index (χ1n) is 11.1. The predicted molar refractivity (Wildman–Crippen MR) is 128 cm³/mol. The fraction of sp³-hybridized carbons (Fsp3) is 0.269. The molecule has 0 saturated heterocycles. The number of ketones is 1. The number of likely N-dealkylation sites (N-methyl/N-ethyl adjacent to an activating group) is 1. The Morgan fingerprint density at radius 1 is 1.36 bits per heavy atom. The Labute approximate surface area is 194 Å².